The third kappa shape index (κ3) is 4.46. The summed E-state index contributed by atoms with van der Waals surface area (Å²) in [4.78, 5) is 31.1. The molecule has 1 N–H and O–H groups in total. The minimum Gasteiger partial charge on any atom is -0.287 e. The van der Waals surface area contributed by atoms with Crippen LogP contribution in [0.25, 0.3) is 10.9 Å². The van der Waals surface area contributed by atoms with Crippen LogP contribution in [0.2, 0.25) is 0 Å². The van der Waals surface area contributed by atoms with Gasteiger partial charge in [0.2, 0.25) is 10.0 Å². The summed E-state index contributed by atoms with van der Waals surface area (Å²) in [7, 11) is -2.35. The molecule has 0 saturated heterocycles. The monoisotopic (exact) mass is 518 g/mol. The Balaban J connectivity index is 1.68. The van der Waals surface area contributed by atoms with Crippen molar-refractivity contribution in [1.82, 2.24) is 28.6 Å². The third-order valence-electron chi connectivity index (χ3n) is 6.05. The Morgan fingerprint density at radius 1 is 1.20 bits per heavy atom. The van der Waals surface area contributed by atoms with E-state index in [1.807, 2.05) is 12.3 Å². The summed E-state index contributed by atoms with van der Waals surface area (Å²) in [5.74, 6) is 0. The Labute approximate surface area is 203 Å². The van der Waals surface area contributed by atoms with Crippen LogP contribution >= 0.6 is 11.3 Å². The number of hydrogen-bond donors (Lipinski definition) is 1. The van der Waals surface area contributed by atoms with Crippen molar-refractivity contribution < 1.29 is 12.8 Å². The number of rotatable bonds is 8. The molecular weight excluding hydrogens is 495 g/mol. The van der Waals surface area contributed by atoms with E-state index in [1.165, 1.54) is 34.1 Å². The van der Waals surface area contributed by atoms with E-state index in [1.54, 1.807) is 24.1 Å². The van der Waals surface area contributed by atoms with E-state index in [4.69, 9.17) is 0 Å². The number of nitrogens with zero attached hydrogens (tertiary/aromatic N) is 5. The fourth-order valence-corrected chi connectivity index (χ4v) is 6.07. The zero-order valence-corrected chi connectivity index (χ0v) is 20.7. The van der Waals surface area contributed by atoms with Gasteiger partial charge in [0.25, 0.3) is 5.56 Å². The average Bonchev–Trinajstić information content (AvgIpc) is 3.26. The molecule has 184 valence electrons. The van der Waals surface area contributed by atoms with Gasteiger partial charge in [0.15, 0.2) is 0 Å². The summed E-state index contributed by atoms with van der Waals surface area (Å²) >= 11 is 1.44. The second-order valence-corrected chi connectivity index (χ2v) is 11.6. The van der Waals surface area contributed by atoms with Gasteiger partial charge in [-0.25, -0.2) is 27.3 Å². The highest BCUT2D eigenvalue weighted by Gasteiger charge is 2.46. The molecule has 1 aliphatic rings. The third-order valence-corrected chi connectivity index (χ3v) is 8.45. The molecule has 0 radical (unpaired) electrons. The number of halogens is 1. The van der Waals surface area contributed by atoms with Crippen LogP contribution in [-0.4, -0.2) is 44.5 Å². The van der Waals surface area contributed by atoms with Crippen molar-refractivity contribution in [3.8, 4) is 0 Å². The molecule has 0 aliphatic heterocycles. The van der Waals surface area contributed by atoms with Crippen LogP contribution in [0.3, 0.4) is 0 Å². The number of fused-ring (bicyclic) bond motifs is 1. The molecule has 1 fully saturated rings. The molecule has 0 unspecified atom stereocenters. The molecule has 5 rings (SSSR count). The van der Waals surface area contributed by atoms with Crippen molar-refractivity contribution in [2.75, 3.05) is 6.67 Å². The van der Waals surface area contributed by atoms with Crippen LogP contribution in [0.1, 0.15) is 29.1 Å². The summed E-state index contributed by atoms with van der Waals surface area (Å²) in [5, 5.41) is 6.82. The van der Waals surface area contributed by atoms with Crippen molar-refractivity contribution in [2.24, 2.45) is 7.05 Å². The van der Waals surface area contributed by atoms with Gasteiger partial charge in [0.1, 0.15) is 6.67 Å². The van der Waals surface area contributed by atoms with Crippen molar-refractivity contribution in [3.05, 3.63) is 73.1 Å². The fraction of sp³-hybridized carbons (Fsp3) is 0.364. The van der Waals surface area contributed by atoms with Crippen LogP contribution in [-0.2, 0) is 30.2 Å². The van der Waals surface area contributed by atoms with E-state index in [2.05, 4.69) is 14.8 Å². The quantitative estimate of drug-likeness (QED) is 0.378. The number of thiazole rings is 1. The molecule has 0 spiro atoms. The van der Waals surface area contributed by atoms with E-state index in [-0.39, 0.29) is 23.4 Å². The van der Waals surface area contributed by atoms with Crippen molar-refractivity contribution in [2.45, 2.75) is 43.3 Å². The lowest BCUT2D eigenvalue weighted by Gasteiger charge is -2.16. The highest BCUT2D eigenvalue weighted by atomic mass is 32.2. The van der Waals surface area contributed by atoms with Gasteiger partial charge in [-0.05, 0) is 38.0 Å². The number of aromatic nitrogens is 5. The van der Waals surface area contributed by atoms with Crippen molar-refractivity contribution in [3.63, 3.8) is 0 Å². The topological polar surface area (TPSA) is 121 Å². The molecule has 0 bridgehead atoms. The number of nitrogens with one attached hydrogen (secondary N) is 1. The maximum absolute atomic E-state index is 13.4. The second kappa shape index (κ2) is 8.50. The molecular formula is C22H23FN6O4S2. The van der Waals surface area contributed by atoms with Gasteiger partial charge in [0, 0.05) is 24.2 Å². The van der Waals surface area contributed by atoms with Gasteiger partial charge >= 0.3 is 5.69 Å². The molecule has 0 amide bonds. The summed E-state index contributed by atoms with van der Waals surface area (Å²) in [6.45, 7) is 1.14. The van der Waals surface area contributed by atoms with Gasteiger partial charge in [0.05, 0.1) is 51.3 Å². The minimum absolute atomic E-state index is 0.0300. The molecule has 3 heterocycles. The highest BCUT2D eigenvalue weighted by molar-refractivity contribution is 7.89. The summed E-state index contributed by atoms with van der Waals surface area (Å²) in [6.07, 6.45) is 4.09. The lowest BCUT2D eigenvalue weighted by Crippen LogP contribution is -2.41. The number of aryl methyl sites for hydroxylation is 2. The Bertz CT molecular complexity index is 1660. The standard InChI is InChI=1S/C22H23FN6O4S2/c1-14-25-16(12-34-14)11-28-19-4-3-17(35(32,33)26-22(13-23)5-6-22)7-18(19)20(30)29(21(28)31)10-15-8-24-27(2)9-15/h3-4,7-9,12,26H,5-6,10-11,13H2,1-2H3. The van der Waals surface area contributed by atoms with Gasteiger partial charge in [-0.15, -0.1) is 11.3 Å². The van der Waals surface area contributed by atoms with Crippen molar-refractivity contribution in [1.29, 1.82) is 0 Å². The molecule has 3 aromatic heterocycles. The first-order valence-corrected chi connectivity index (χ1v) is 13.2. The molecule has 35 heavy (non-hydrogen) atoms. The predicted molar refractivity (Wildman–Crippen MR) is 129 cm³/mol. The lowest BCUT2D eigenvalue weighted by atomic mass is 10.2. The largest absolute Gasteiger partial charge is 0.332 e. The first-order chi connectivity index (χ1) is 16.6. The van der Waals surface area contributed by atoms with Gasteiger partial charge in [-0.2, -0.15) is 5.10 Å². The van der Waals surface area contributed by atoms with Crippen LogP contribution in [0.15, 0.2) is 50.5 Å². The van der Waals surface area contributed by atoms with E-state index < -0.39 is 33.5 Å². The minimum atomic E-state index is -4.07. The van der Waals surface area contributed by atoms with Gasteiger partial charge in [-0.3, -0.25) is 18.6 Å². The van der Waals surface area contributed by atoms with Crippen LogP contribution in [0.4, 0.5) is 4.39 Å². The average molecular weight is 519 g/mol. The van der Waals surface area contributed by atoms with Crippen LogP contribution in [0.5, 0.6) is 0 Å². The molecule has 4 aromatic rings. The summed E-state index contributed by atoms with van der Waals surface area (Å²) < 4.78 is 45.7. The van der Waals surface area contributed by atoms with Gasteiger partial charge < -0.3 is 0 Å². The Morgan fingerprint density at radius 2 is 1.97 bits per heavy atom. The summed E-state index contributed by atoms with van der Waals surface area (Å²) in [5.41, 5.74) is -0.650. The smallest absolute Gasteiger partial charge is 0.287 e. The molecule has 1 aliphatic carbocycles. The number of sulfonamides is 1. The van der Waals surface area contributed by atoms with E-state index in [0.29, 0.717) is 29.6 Å². The van der Waals surface area contributed by atoms with E-state index in [0.717, 1.165) is 9.57 Å². The molecule has 0 atom stereocenters. The maximum atomic E-state index is 13.4. The van der Waals surface area contributed by atoms with E-state index in [9.17, 15) is 22.4 Å². The van der Waals surface area contributed by atoms with Crippen LogP contribution in [0, 0.1) is 6.92 Å². The predicted octanol–water partition coefficient (Wildman–Crippen LogP) is 1.54. The first-order valence-electron chi connectivity index (χ1n) is 10.9. The molecule has 1 aromatic carbocycles. The van der Waals surface area contributed by atoms with Crippen molar-refractivity contribution >= 4 is 32.3 Å². The molecule has 10 nitrogen and oxygen atoms in total. The number of alkyl halides is 1. The summed E-state index contributed by atoms with van der Waals surface area (Å²) in [6, 6.07) is 4.01. The number of benzene rings is 1. The SMILES string of the molecule is Cc1nc(Cn2c(=O)n(Cc3cnn(C)c3)c(=O)c3cc(S(=O)(=O)NC4(CF)CC4)ccc32)cs1. The van der Waals surface area contributed by atoms with Gasteiger partial charge in [-0.1, -0.05) is 0 Å². The molecule has 1 saturated carbocycles. The fourth-order valence-electron chi connectivity index (χ4n) is 4.00. The zero-order valence-electron chi connectivity index (χ0n) is 19.1. The maximum Gasteiger partial charge on any atom is 0.332 e. The zero-order chi connectivity index (χ0) is 25.0. The van der Waals surface area contributed by atoms with E-state index >= 15 is 0 Å². The lowest BCUT2D eigenvalue weighted by molar-refractivity contribution is 0.393. The first kappa shape index (κ1) is 23.6. The second-order valence-electron chi connectivity index (χ2n) is 8.84. The Kier molecular flexibility index (Phi) is 5.73. The Morgan fingerprint density at radius 3 is 2.57 bits per heavy atom. The normalized spacial score (nSPS) is 15.1. The molecule has 13 heteroatoms. The van der Waals surface area contributed by atoms with Crippen LogP contribution < -0.4 is 16.0 Å². The number of hydrogen-bond acceptors (Lipinski definition) is 7. The Hall–Kier alpha value is -3.16. The highest BCUT2D eigenvalue weighted by Crippen LogP contribution is 2.37.